The Morgan fingerprint density at radius 1 is 1.38 bits per heavy atom. The Morgan fingerprint density at radius 2 is 2.14 bits per heavy atom. The van der Waals surface area contributed by atoms with Crippen LogP contribution in [0.5, 0.6) is 0 Å². The number of hydrogen-bond acceptors (Lipinski definition) is 3. The summed E-state index contributed by atoms with van der Waals surface area (Å²) in [6.45, 7) is 2.18. The fourth-order valence-corrected chi connectivity index (χ4v) is 2.57. The van der Waals surface area contributed by atoms with E-state index in [1.807, 2.05) is 12.1 Å². The first kappa shape index (κ1) is 15.6. The van der Waals surface area contributed by atoms with Crippen molar-refractivity contribution in [2.24, 2.45) is 5.73 Å². The zero-order chi connectivity index (χ0) is 15.1. The van der Waals surface area contributed by atoms with Gasteiger partial charge in [0, 0.05) is 23.7 Å². The van der Waals surface area contributed by atoms with Gasteiger partial charge < -0.3 is 16.0 Å². The van der Waals surface area contributed by atoms with Gasteiger partial charge in [-0.3, -0.25) is 4.79 Å². The number of benzene rings is 1. The van der Waals surface area contributed by atoms with E-state index in [2.05, 4.69) is 29.1 Å². The molecule has 1 aliphatic rings. The molecule has 1 aromatic rings. The molecule has 21 heavy (non-hydrogen) atoms. The molecule has 1 aromatic carbocycles. The van der Waals surface area contributed by atoms with Gasteiger partial charge in [-0.2, -0.15) is 0 Å². The third-order valence-corrected chi connectivity index (χ3v) is 3.90. The number of amides is 1. The molecular formula is C17H23N3O. The van der Waals surface area contributed by atoms with Crippen LogP contribution < -0.4 is 11.1 Å². The number of nitrogens with zero attached hydrogens (tertiary/aromatic N) is 1. The fraction of sp³-hybridized carbons (Fsp3) is 0.471. The van der Waals surface area contributed by atoms with Gasteiger partial charge in [0.2, 0.25) is 0 Å². The molecule has 1 aliphatic heterocycles. The van der Waals surface area contributed by atoms with E-state index >= 15 is 0 Å². The molecule has 1 fully saturated rings. The van der Waals surface area contributed by atoms with E-state index in [1.165, 1.54) is 12.8 Å². The molecule has 3 N–H and O–H groups in total. The standard InChI is InChI=1S/C17H23N3O/c1-20-12-3-2-6-16(20)13-19-17(21)15-9-7-14(8-10-15)5-4-11-18/h7-10,16H,2-3,6,11-13,18H2,1H3,(H,19,21). The maximum atomic E-state index is 12.1. The predicted octanol–water partition coefficient (Wildman–Crippen LogP) is 1.21. The van der Waals surface area contributed by atoms with E-state index in [0.29, 0.717) is 24.7 Å². The van der Waals surface area contributed by atoms with Gasteiger partial charge in [-0.25, -0.2) is 0 Å². The van der Waals surface area contributed by atoms with Crippen LogP contribution >= 0.6 is 0 Å². The predicted molar refractivity (Wildman–Crippen MR) is 85.0 cm³/mol. The molecule has 2 rings (SSSR count). The van der Waals surface area contributed by atoms with E-state index in [-0.39, 0.29) is 5.91 Å². The van der Waals surface area contributed by atoms with Crippen molar-refractivity contribution in [3.05, 3.63) is 35.4 Å². The van der Waals surface area contributed by atoms with Gasteiger partial charge in [-0.1, -0.05) is 18.3 Å². The highest BCUT2D eigenvalue weighted by molar-refractivity contribution is 5.94. The van der Waals surface area contributed by atoms with E-state index in [0.717, 1.165) is 18.5 Å². The van der Waals surface area contributed by atoms with Crippen molar-refractivity contribution in [3.63, 3.8) is 0 Å². The second-order valence-corrected chi connectivity index (χ2v) is 5.42. The average molecular weight is 285 g/mol. The molecule has 0 radical (unpaired) electrons. The molecule has 1 unspecified atom stereocenters. The molecule has 112 valence electrons. The molecule has 1 saturated heterocycles. The first-order valence-corrected chi connectivity index (χ1v) is 7.48. The van der Waals surface area contributed by atoms with Crippen LogP contribution in [0.3, 0.4) is 0 Å². The highest BCUT2D eigenvalue weighted by Crippen LogP contribution is 2.14. The van der Waals surface area contributed by atoms with Crippen LogP contribution in [0.1, 0.15) is 35.2 Å². The van der Waals surface area contributed by atoms with Crippen LogP contribution in [0.25, 0.3) is 0 Å². The van der Waals surface area contributed by atoms with Crippen LogP contribution in [0, 0.1) is 11.8 Å². The number of likely N-dealkylation sites (N-methyl/N-ethyl adjacent to an activating group) is 1. The maximum absolute atomic E-state index is 12.1. The zero-order valence-corrected chi connectivity index (χ0v) is 12.6. The lowest BCUT2D eigenvalue weighted by atomic mass is 10.0. The Bertz CT molecular complexity index is 527. The van der Waals surface area contributed by atoms with Gasteiger partial charge in [-0.15, -0.1) is 0 Å². The Labute approximate surface area is 126 Å². The minimum atomic E-state index is -0.0210. The van der Waals surface area contributed by atoms with Gasteiger partial charge in [0.25, 0.3) is 5.91 Å². The summed E-state index contributed by atoms with van der Waals surface area (Å²) in [6.07, 6.45) is 3.66. The smallest absolute Gasteiger partial charge is 0.251 e. The second-order valence-electron chi connectivity index (χ2n) is 5.42. The lowest BCUT2D eigenvalue weighted by Crippen LogP contribution is -2.44. The number of nitrogens with one attached hydrogen (secondary N) is 1. The Balaban J connectivity index is 1.88. The number of nitrogens with two attached hydrogens (primary N) is 1. The molecule has 0 aromatic heterocycles. The number of carbonyl (C=O) groups excluding carboxylic acids is 1. The SMILES string of the molecule is CN1CCCCC1CNC(=O)c1ccc(C#CCN)cc1. The lowest BCUT2D eigenvalue weighted by molar-refractivity contribution is 0.0928. The van der Waals surface area contributed by atoms with Gasteiger partial charge in [0.1, 0.15) is 0 Å². The summed E-state index contributed by atoms with van der Waals surface area (Å²) in [5.41, 5.74) is 6.89. The molecule has 4 heteroatoms. The third-order valence-electron chi connectivity index (χ3n) is 3.90. The Hall–Kier alpha value is -1.83. The first-order chi connectivity index (χ1) is 10.2. The lowest BCUT2D eigenvalue weighted by Gasteiger charge is -2.32. The van der Waals surface area contributed by atoms with Crippen molar-refractivity contribution in [2.45, 2.75) is 25.3 Å². The molecule has 1 atom stereocenters. The molecular weight excluding hydrogens is 262 g/mol. The number of likely N-dealkylation sites (tertiary alicyclic amines) is 1. The van der Waals surface area contributed by atoms with Crippen molar-refractivity contribution in [1.29, 1.82) is 0 Å². The monoisotopic (exact) mass is 285 g/mol. The molecule has 0 bridgehead atoms. The van der Waals surface area contributed by atoms with Crippen molar-refractivity contribution in [2.75, 3.05) is 26.7 Å². The van der Waals surface area contributed by atoms with E-state index in [9.17, 15) is 4.79 Å². The van der Waals surface area contributed by atoms with Crippen LogP contribution in [0.4, 0.5) is 0 Å². The van der Waals surface area contributed by atoms with Gasteiger partial charge in [-0.05, 0) is 50.7 Å². The highest BCUT2D eigenvalue weighted by Gasteiger charge is 2.19. The van der Waals surface area contributed by atoms with Crippen LogP contribution in [-0.4, -0.2) is 43.5 Å². The fourth-order valence-electron chi connectivity index (χ4n) is 2.57. The number of hydrogen-bond donors (Lipinski definition) is 2. The Kier molecular flexibility index (Phi) is 5.79. The van der Waals surface area contributed by atoms with Crippen molar-refractivity contribution in [3.8, 4) is 11.8 Å². The molecule has 0 spiro atoms. The van der Waals surface area contributed by atoms with E-state index in [1.54, 1.807) is 12.1 Å². The normalized spacial score (nSPS) is 18.7. The quantitative estimate of drug-likeness (QED) is 0.821. The molecule has 1 amide bonds. The summed E-state index contributed by atoms with van der Waals surface area (Å²) in [4.78, 5) is 14.5. The minimum absolute atomic E-state index is 0.0210. The number of piperidine rings is 1. The van der Waals surface area contributed by atoms with E-state index in [4.69, 9.17) is 5.73 Å². The van der Waals surface area contributed by atoms with Gasteiger partial charge >= 0.3 is 0 Å². The van der Waals surface area contributed by atoms with Crippen molar-refractivity contribution in [1.82, 2.24) is 10.2 Å². The number of rotatable bonds is 3. The van der Waals surface area contributed by atoms with E-state index < -0.39 is 0 Å². The summed E-state index contributed by atoms with van der Waals surface area (Å²) in [7, 11) is 2.13. The summed E-state index contributed by atoms with van der Waals surface area (Å²) in [5, 5.41) is 3.03. The summed E-state index contributed by atoms with van der Waals surface area (Å²) >= 11 is 0. The first-order valence-electron chi connectivity index (χ1n) is 7.48. The van der Waals surface area contributed by atoms with Crippen molar-refractivity contribution < 1.29 is 4.79 Å². The van der Waals surface area contributed by atoms with Crippen LogP contribution in [-0.2, 0) is 0 Å². The maximum Gasteiger partial charge on any atom is 0.251 e. The molecule has 1 heterocycles. The third kappa shape index (κ3) is 4.59. The second kappa shape index (κ2) is 7.82. The van der Waals surface area contributed by atoms with Gasteiger partial charge in [0.05, 0.1) is 6.54 Å². The largest absolute Gasteiger partial charge is 0.350 e. The molecule has 0 aliphatic carbocycles. The summed E-state index contributed by atoms with van der Waals surface area (Å²) in [6, 6.07) is 7.77. The minimum Gasteiger partial charge on any atom is -0.350 e. The number of carbonyl (C=O) groups is 1. The molecule has 0 saturated carbocycles. The average Bonchev–Trinajstić information content (AvgIpc) is 2.52. The Morgan fingerprint density at radius 3 is 2.81 bits per heavy atom. The van der Waals surface area contributed by atoms with Crippen LogP contribution in [0.2, 0.25) is 0 Å². The summed E-state index contributed by atoms with van der Waals surface area (Å²) in [5.74, 6) is 5.72. The highest BCUT2D eigenvalue weighted by atomic mass is 16.1. The van der Waals surface area contributed by atoms with Crippen LogP contribution in [0.15, 0.2) is 24.3 Å². The van der Waals surface area contributed by atoms with Crippen molar-refractivity contribution >= 4 is 5.91 Å². The molecule has 4 nitrogen and oxygen atoms in total. The van der Waals surface area contributed by atoms with Gasteiger partial charge in [0.15, 0.2) is 0 Å². The summed E-state index contributed by atoms with van der Waals surface area (Å²) < 4.78 is 0. The topological polar surface area (TPSA) is 58.4 Å². The zero-order valence-electron chi connectivity index (χ0n) is 12.6.